The molecule has 11 nitrogen and oxygen atoms in total. The third-order valence-corrected chi connectivity index (χ3v) is 12.5. The summed E-state index contributed by atoms with van der Waals surface area (Å²) in [5, 5.41) is 18.9. The predicted molar refractivity (Wildman–Crippen MR) is 211 cm³/mol. The van der Waals surface area contributed by atoms with Crippen molar-refractivity contribution in [2.24, 2.45) is 7.05 Å². The van der Waals surface area contributed by atoms with Gasteiger partial charge in [0.15, 0.2) is 0 Å². The van der Waals surface area contributed by atoms with Gasteiger partial charge in [0.2, 0.25) is 10.0 Å². The van der Waals surface area contributed by atoms with Gasteiger partial charge in [-0.3, -0.25) is 4.68 Å². The van der Waals surface area contributed by atoms with E-state index in [-0.39, 0.29) is 47.5 Å². The Morgan fingerprint density at radius 2 is 1.81 bits per heavy atom. The highest BCUT2D eigenvalue weighted by Gasteiger charge is 2.41. The van der Waals surface area contributed by atoms with E-state index < -0.39 is 52.9 Å². The molecule has 300 valence electrons. The van der Waals surface area contributed by atoms with Crippen LogP contribution in [-0.2, 0) is 47.7 Å². The summed E-state index contributed by atoms with van der Waals surface area (Å²) in [5.41, 5.74) is 2.97. The maximum atomic E-state index is 16.4. The summed E-state index contributed by atoms with van der Waals surface area (Å²) in [6.07, 6.45) is 0.257. The van der Waals surface area contributed by atoms with Gasteiger partial charge < -0.3 is 24.7 Å². The highest BCUT2D eigenvalue weighted by Crippen LogP contribution is 2.44. The number of sulfonamides is 1. The lowest BCUT2D eigenvalue weighted by Gasteiger charge is -2.27. The Morgan fingerprint density at radius 3 is 2.56 bits per heavy atom. The van der Waals surface area contributed by atoms with Crippen molar-refractivity contribution in [2.75, 3.05) is 19.8 Å². The Morgan fingerprint density at radius 1 is 1.04 bits per heavy atom. The topological polar surface area (TPSA) is 135 Å². The van der Waals surface area contributed by atoms with Gasteiger partial charge in [0.05, 0.1) is 42.5 Å². The van der Waals surface area contributed by atoms with E-state index in [2.05, 4.69) is 5.10 Å². The molecule has 0 fully saturated rings. The molecule has 0 unspecified atom stereocenters. The molecule has 1 aliphatic heterocycles. The normalized spacial score (nSPS) is 14.7. The molecule has 6 aromatic rings. The molecule has 0 radical (unpaired) electrons. The molecule has 7 rings (SSSR count). The van der Waals surface area contributed by atoms with Crippen molar-refractivity contribution in [2.45, 2.75) is 63.4 Å². The lowest BCUT2D eigenvalue weighted by molar-refractivity contribution is -0.499. The first-order valence-corrected chi connectivity index (χ1v) is 20.4. The number of rotatable bonds is 11. The van der Waals surface area contributed by atoms with Gasteiger partial charge in [0, 0.05) is 53.7 Å². The molecule has 0 amide bonds. The number of carbonyl (C=O) groups excluding carboxylic acids is 1. The zero-order valence-corrected chi connectivity index (χ0v) is 33.1. The maximum absolute atomic E-state index is 16.4. The number of nitrogens with zero attached hydrogens (tertiary/aromatic N) is 4. The molecule has 0 atom stereocenters. The molecule has 57 heavy (non-hydrogen) atoms. The first-order valence-electron chi connectivity index (χ1n) is 18.6. The summed E-state index contributed by atoms with van der Waals surface area (Å²) < 4.78 is 90.6. The number of ether oxygens (including phenoxy) is 2. The van der Waals surface area contributed by atoms with Crippen LogP contribution in [0.1, 0.15) is 54.1 Å². The van der Waals surface area contributed by atoms with E-state index in [1.807, 2.05) is 6.92 Å². The zero-order valence-electron chi connectivity index (χ0n) is 31.5. The molecule has 4 aromatic carbocycles. The fourth-order valence-corrected chi connectivity index (χ4v) is 9.64. The number of hydrogen-bond donors (Lipinski definition) is 1. The van der Waals surface area contributed by atoms with E-state index >= 15 is 8.78 Å². The summed E-state index contributed by atoms with van der Waals surface area (Å²) in [6, 6.07) is 18.7. The highest BCUT2D eigenvalue weighted by molar-refractivity contribution is 7.89. The number of halogens is 4. The molecule has 2 aromatic heterocycles. The summed E-state index contributed by atoms with van der Waals surface area (Å²) in [5.74, 6) is -4.13. The van der Waals surface area contributed by atoms with Crippen molar-refractivity contribution in [1.82, 2.24) is 18.7 Å². The van der Waals surface area contributed by atoms with Crippen molar-refractivity contribution in [1.29, 1.82) is 0 Å². The Hall–Kier alpha value is -4.93. The highest BCUT2D eigenvalue weighted by atomic mass is 35.5. The number of alkyl halides is 2. The summed E-state index contributed by atoms with van der Waals surface area (Å²) in [4.78, 5) is 13.6. The molecule has 0 aliphatic carbocycles. The van der Waals surface area contributed by atoms with Crippen LogP contribution in [0.4, 0.5) is 18.9 Å². The number of carbonyl (C=O) groups is 1. The van der Waals surface area contributed by atoms with E-state index in [1.54, 1.807) is 55.1 Å². The second kappa shape index (κ2) is 16.1. The van der Waals surface area contributed by atoms with Crippen LogP contribution < -0.4 is 10.2 Å². The number of hydrogen-bond acceptors (Lipinski definition) is 7. The molecule has 2 N–H and O–H groups in total. The monoisotopic (exact) mass is 823 g/mol. The summed E-state index contributed by atoms with van der Waals surface area (Å²) in [7, 11) is -2.99. The molecule has 3 heterocycles. The first kappa shape index (κ1) is 40.3. The minimum Gasteiger partial charge on any atom is -0.630 e. The largest absolute Gasteiger partial charge is 0.630 e. The molecule has 16 heteroatoms. The summed E-state index contributed by atoms with van der Waals surface area (Å²) >= 11 is 7.08. The van der Waals surface area contributed by atoms with E-state index in [0.29, 0.717) is 67.0 Å². The van der Waals surface area contributed by atoms with Gasteiger partial charge in [-0.1, -0.05) is 48.9 Å². The fraction of sp³-hybridized carbons (Fsp3) is 0.317. The smallest absolute Gasteiger partial charge is 0.355 e. The standard InChI is InChI=1S/C41H41ClF3N5O6S/c1-4-33-37-32(46-48(33)3)23-49(57(53,54)35-14-7-6-12-31(35)47-52)24-41(44,45)19-20-50-38-29(17-18-30(42)36(37)38)28(39(50)40(51)55-5-2)11-9-21-56-34-13-8-10-25-22-26(43)15-16-27(25)34/h6-8,10,12-18,22H,4-5,9,11,19-21,23-24,47H2,1-3H3. The average molecular weight is 824 g/mol. The van der Waals surface area contributed by atoms with Crippen LogP contribution in [0, 0.1) is 11.0 Å². The number of nitrogens with two attached hydrogens (primary N) is 1. The average Bonchev–Trinajstić information content (AvgIpc) is 3.66. The SMILES string of the molecule is CCOC(=O)c1c(CCCOc2cccc3cc(F)ccc23)c2ccc(Cl)c3c2n1CCC(F)(F)CN(S(=O)(=O)c1ccccc1[NH2+][O-])Cc1nn(C)c(CC)c1-3. The number of quaternary nitrogens is 1. The zero-order chi connectivity index (χ0) is 40.6. The molecule has 1 aliphatic rings. The minimum absolute atomic E-state index is 0.0240. The van der Waals surface area contributed by atoms with E-state index in [9.17, 15) is 22.8 Å². The van der Waals surface area contributed by atoms with Crippen LogP contribution in [0.25, 0.3) is 32.8 Å². The summed E-state index contributed by atoms with van der Waals surface area (Å²) in [6.45, 7) is 1.60. The van der Waals surface area contributed by atoms with Gasteiger partial charge in [-0.2, -0.15) is 9.40 Å². The fourth-order valence-electron chi connectivity index (χ4n) is 7.80. The van der Waals surface area contributed by atoms with Gasteiger partial charge in [0.1, 0.15) is 27.8 Å². The van der Waals surface area contributed by atoms with Gasteiger partial charge >= 0.3 is 5.97 Å². The lowest BCUT2D eigenvalue weighted by Crippen LogP contribution is -2.70. The number of fused-ring (bicyclic) bond motifs is 3. The predicted octanol–water partition coefficient (Wildman–Crippen LogP) is 7.66. The molecule has 0 bridgehead atoms. The van der Waals surface area contributed by atoms with Crippen LogP contribution in [0.2, 0.25) is 5.02 Å². The van der Waals surface area contributed by atoms with Crippen molar-refractivity contribution >= 4 is 55.0 Å². The van der Waals surface area contributed by atoms with E-state index in [0.717, 1.165) is 5.39 Å². The Bertz CT molecular complexity index is 2610. The third kappa shape index (κ3) is 7.62. The Labute approximate surface area is 332 Å². The number of aromatic nitrogens is 3. The Kier molecular flexibility index (Phi) is 11.4. The quantitative estimate of drug-likeness (QED) is 0.0614. The van der Waals surface area contributed by atoms with Gasteiger partial charge in [-0.25, -0.2) is 26.4 Å². The number of aryl methyl sites for hydroxylation is 3. The van der Waals surface area contributed by atoms with Crippen molar-refractivity contribution in [3.63, 3.8) is 0 Å². The lowest BCUT2D eigenvalue weighted by atomic mass is 9.97. The van der Waals surface area contributed by atoms with Crippen molar-refractivity contribution in [3.8, 4) is 16.9 Å². The second-order valence-electron chi connectivity index (χ2n) is 13.9. The third-order valence-electron chi connectivity index (χ3n) is 10.3. The second-order valence-corrected chi connectivity index (χ2v) is 16.2. The number of benzene rings is 4. The van der Waals surface area contributed by atoms with E-state index in [4.69, 9.17) is 21.1 Å². The van der Waals surface area contributed by atoms with Crippen LogP contribution in [0.5, 0.6) is 5.75 Å². The van der Waals surface area contributed by atoms with Crippen molar-refractivity contribution in [3.05, 3.63) is 111 Å². The number of esters is 1. The van der Waals surface area contributed by atoms with Gasteiger partial charge in [-0.15, -0.1) is 0 Å². The first-order chi connectivity index (χ1) is 27.3. The Balaban J connectivity index is 1.38. The maximum Gasteiger partial charge on any atom is 0.355 e. The molecule has 0 spiro atoms. The van der Waals surface area contributed by atoms with Crippen LogP contribution in [0.15, 0.2) is 77.7 Å². The van der Waals surface area contributed by atoms with Crippen LogP contribution in [0.3, 0.4) is 0 Å². The minimum atomic E-state index is -4.68. The van der Waals surface area contributed by atoms with Crippen LogP contribution >= 0.6 is 11.6 Å². The van der Waals surface area contributed by atoms with Gasteiger partial charge in [0.25, 0.3) is 5.92 Å². The van der Waals surface area contributed by atoms with Crippen molar-refractivity contribution < 1.29 is 41.3 Å². The van der Waals surface area contributed by atoms with E-state index in [1.165, 1.54) is 41.0 Å². The molecular weight excluding hydrogens is 783 g/mol. The molecule has 0 saturated carbocycles. The van der Waals surface area contributed by atoms with Gasteiger partial charge in [-0.05, 0) is 73.5 Å². The molecular formula is C41H41ClF3N5O6S. The molecule has 0 saturated heterocycles. The van der Waals surface area contributed by atoms with Crippen LogP contribution in [-0.4, -0.2) is 58.7 Å².